The highest BCUT2D eigenvalue weighted by Gasteiger charge is 2.19. The van der Waals surface area contributed by atoms with Gasteiger partial charge in [0.25, 0.3) is 0 Å². The molecule has 4 nitrogen and oxygen atoms in total. The molecule has 0 radical (unpaired) electrons. The molecular formula is C20H23FN4. The number of halogens is 1. The first kappa shape index (κ1) is 16.1. The highest BCUT2D eigenvalue weighted by molar-refractivity contribution is 5.81. The molecule has 0 unspecified atom stereocenters. The van der Waals surface area contributed by atoms with E-state index >= 15 is 0 Å². The van der Waals surface area contributed by atoms with Crippen LogP contribution in [0.3, 0.4) is 0 Å². The van der Waals surface area contributed by atoms with E-state index < -0.39 is 0 Å². The summed E-state index contributed by atoms with van der Waals surface area (Å²) in [6, 6.07) is 11.1. The van der Waals surface area contributed by atoms with Crippen molar-refractivity contribution in [1.29, 1.82) is 0 Å². The van der Waals surface area contributed by atoms with Crippen LogP contribution in [0.15, 0.2) is 36.4 Å². The normalized spacial score (nSPS) is 15.1. The fourth-order valence-electron chi connectivity index (χ4n) is 3.40. The Balaban J connectivity index is 1.82. The van der Waals surface area contributed by atoms with Gasteiger partial charge < -0.3 is 14.8 Å². The number of fused-ring (bicyclic) bond motifs is 1. The molecule has 2 heterocycles. The third-order valence-corrected chi connectivity index (χ3v) is 5.00. The van der Waals surface area contributed by atoms with Crippen LogP contribution >= 0.6 is 0 Å². The molecule has 1 saturated heterocycles. The average Bonchev–Trinajstić information content (AvgIpc) is 2.96. The van der Waals surface area contributed by atoms with Gasteiger partial charge in [0.05, 0.1) is 17.6 Å². The predicted octanol–water partition coefficient (Wildman–Crippen LogP) is 3.25. The smallest absolute Gasteiger partial charge is 0.206 e. The van der Waals surface area contributed by atoms with Crippen molar-refractivity contribution in [2.24, 2.45) is 0 Å². The second kappa shape index (κ2) is 6.48. The van der Waals surface area contributed by atoms with Gasteiger partial charge in [-0.3, -0.25) is 0 Å². The molecule has 1 fully saturated rings. The van der Waals surface area contributed by atoms with Crippen LogP contribution in [0.1, 0.15) is 16.7 Å². The molecule has 5 heteroatoms. The Hall–Kier alpha value is -2.40. The highest BCUT2D eigenvalue weighted by Crippen LogP contribution is 2.27. The zero-order valence-corrected chi connectivity index (χ0v) is 14.7. The van der Waals surface area contributed by atoms with E-state index in [0.717, 1.165) is 48.7 Å². The van der Waals surface area contributed by atoms with Crippen molar-refractivity contribution >= 4 is 17.0 Å². The summed E-state index contributed by atoms with van der Waals surface area (Å²) < 4.78 is 15.5. The molecule has 4 rings (SSSR count). The van der Waals surface area contributed by atoms with Crippen LogP contribution in [0.25, 0.3) is 11.0 Å². The lowest BCUT2D eigenvalue weighted by Crippen LogP contribution is -2.44. The number of rotatable bonds is 3. The summed E-state index contributed by atoms with van der Waals surface area (Å²) in [7, 11) is 0. The highest BCUT2D eigenvalue weighted by atomic mass is 19.1. The van der Waals surface area contributed by atoms with Crippen LogP contribution in [0, 0.1) is 19.7 Å². The number of aryl methyl sites for hydroxylation is 2. The van der Waals surface area contributed by atoms with E-state index in [2.05, 4.69) is 40.8 Å². The quantitative estimate of drug-likeness (QED) is 0.796. The molecule has 25 heavy (non-hydrogen) atoms. The van der Waals surface area contributed by atoms with Crippen LogP contribution in [0.2, 0.25) is 0 Å². The molecule has 1 aliphatic heterocycles. The van der Waals surface area contributed by atoms with Crippen molar-refractivity contribution < 1.29 is 4.39 Å². The molecular weight excluding hydrogens is 315 g/mol. The predicted molar refractivity (Wildman–Crippen MR) is 99.8 cm³/mol. The Morgan fingerprint density at radius 1 is 1.04 bits per heavy atom. The Morgan fingerprint density at radius 3 is 2.44 bits per heavy atom. The molecule has 0 saturated carbocycles. The molecule has 3 aromatic rings. The first-order chi connectivity index (χ1) is 12.1. The van der Waals surface area contributed by atoms with Gasteiger partial charge in [-0.1, -0.05) is 12.1 Å². The largest absolute Gasteiger partial charge is 0.340 e. The van der Waals surface area contributed by atoms with Gasteiger partial charge in [0.1, 0.15) is 5.82 Å². The maximum absolute atomic E-state index is 13.3. The van der Waals surface area contributed by atoms with Gasteiger partial charge in [-0.05, 0) is 54.8 Å². The third-order valence-electron chi connectivity index (χ3n) is 5.00. The molecule has 0 aliphatic carbocycles. The van der Waals surface area contributed by atoms with E-state index in [9.17, 15) is 4.39 Å². The number of anilines is 1. The molecule has 1 aliphatic rings. The van der Waals surface area contributed by atoms with Crippen LogP contribution in [0.4, 0.5) is 10.3 Å². The van der Waals surface area contributed by atoms with Crippen molar-refractivity contribution in [3.05, 3.63) is 58.9 Å². The van der Waals surface area contributed by atoms with Gasteiger partial charge in [0.15, 0.2) is 0 Å². The van der Waals surface area contributed by atoms with Crippen LogP contribution in [0.5, 0.6) is 0 Å². The molecule has 1 N–H and O–H groups in total. The Bertz CT molecular complexity index is 892. The van der Waals surface area contributed by atoms with E-state index in [1.165, 1.54) is 23.3 Å². The van der Waals surface area contributed by atoms with E-state index in [1.807, 2.05) is 12.1 Å². The Morgan fingerprint density at radius 2 is 1.72 bits per heavy atom. The van der Waals surface area contributed by atoms with Gasteiger partial charge in [-0.2, -0.15) is 0 Å². The first-order valence-electron chi connectivity index (χ1n) is 8.79. The van der Waals surface area contributed by atoms with Crippen molar-refractivity contribution in [1.82, 2.24) is 14.9 Å². The van der Waals surface area contributed by atoms with Gasteiger partial charge in [-0.15, -0.1) is 0 Å². The van der Waals surface area contributed by atoms with Crippen molar-refractivity contribution in [2.45, 2.75) is 20.4 Å². The maximum atomic E-state index is 13.3. The molecule has 130 valence electrons. The summed E-state index contributed by atoms with van der Waals surface area (Å²) in [5.41, 5.74) is 5.76. The fraction of sp³-hybridized carbons (Fsp3) is 0.350. The minimum Gasteiger partial charge on any atom is -0.340 e. The number of aromatic nitrogens is 2. The molecule has 0 atom stereocenters. The number of piperazine rings is 1. The summed E-state index contributed by atoms with van der Waals surface area (Å²) in [5.74, 6) is 0.805. The minimum atomic E-state index is -0.201. The van der Waals surface area contributed by atoms with Crippen LogP contribution < -0.4 is 10.2 Å². The van der Waals surface area contributed by atoms with E-state index in [-0.39, 0.29) is 5.82 Å². The van der Waals surface area contributed by atoms with E-state index in [4.69, 9.17) is 4.98 Å². The summed E-state index contributed by atoms with van der Waals surface area (Å²) in [6.45, 7) is 8.79. The van der Waals surface area contributed by atoms with Crippen LogP contribution in [-0.4, -0.2) is 35.7 Å². The second-order valence-corrected chi connectivity index (χ2v) is 6.79. The molecule has 0 spiro atoms. The fourth-order valence-corrected chi connectivity index (χ4v) is 3.40. The molecule has 0 amide bonds. The molecule has 0 bridgehead atoms. The topological polar surface area (TPSA) is 33.1 Å². The average molecular weight is 338 g/mol. The summed E-state index contributed by atoms with van der Waals surface area (Å²) in [5, 5.41) is 3.39. The lowest BCUT2D eigenvalue weighted by atomic mass is 10.1. The Kier molecular flexibility index (Phi) is 4.17. The summed E-state index contributed by atoms with van der Waals surface area (Å²) >= 11 is 0. The standard InChI is InChI=1S/C20H23FN4/c1-14-11-18-19(12-15(14)2)25(13-16-3-5-17(21)6-4-16)20(23-18)24-9-7-22-8-10-24/h3-6,11-12,22H,7-10,13H2,1-2H3. The number of nitrogens with zero attached hydrogens (tertiary/aromatic N) is 3. The van der Waals surface area contributed by atoms with Gasteiger partial charge in [0, 0.05) is 26.2 Å². The number of hydrogen-bond acceptors (Lipinski definition) is 3. The number of hydrogen-bond donors (Lipinski definition) is 1. The van der Waals surface area contributed by atoms with Gasteiger partial charge >= 0.3 is 0 Å². The number of nitrogens with one attached hydrogen (secondary N) is 1. The zero-order chi connectivity index (χ0) is 17.4. The van der Waals surface area contributed by atoms with E-state index in [0.29, 0.717) is 6.54 Å². The SMILES string of the molecule is Cc1cc2nc(N3CCNCC3)n(Cc3ccc(F)cc3)c2cc1C. The molecule has 2 aromatic carbocycles. The number of benzene rings is 2. The Labute approximate surface area is 147 Å². The minimum absolute atomic E-state index is 0.201. The molecule has 1 aromatic heterocycles. The number of imidazole rings is 1. The van der Waals surface area contributed by atoms with E-state index in [1.54, 1.807) is 0 Å². The van der Waals surface area contributed by atoms with Crippen molar-refractivity contribution in [3.63, 3.8) is 0 Å². The summed E-state index contributed by atoms with van der Waals surface area (Å²) in [6.07, 6.45) is 0. The maximum Gasteiger partial charge on any atom is 0.206 e. The lowest BCUT2D eigenvalue weighted by molar-refractivity contribution is 0.571. The second-order valence-electron chi connectivity index (χ2n) is 6.79. The first-order valence-corrected chi connectivity index (χ1v) is 8.79. The monoisotopic (exact) mass is 338 g/mol. The summed E-state index contributed by atoms with van der Waals surface area (Å²) in [4.78, 5) is 7.28. The van der Waals surface area contributed by atoms with Crippen LogP contribution in [-0.2, 0) is 6.54 Å². The lowest BCUT2D eigenvalue weighted by Gasteiger charge is -2.29. The van der Waals surface area contributed by atoms with Gasteiger partial charge in [-0.25, -0.2) is 9.37 Å². The zero-order valence-electron chi connectivity index (χ0n) is 14.7. The van der Waals surface area contributed by atoms with Gasteiger partial charge in [0.2, 0.25) is 5.95 Å². The van der Waals surface area contributed by atoms with Crippen molar-refractivity contribution in [3.8, 4) is 0 Å². The van der Waals surface area contributed by atoms with Crippen molar-refractivity contribution in [2.75, 3.05) is 31.1 Å². The third kappa shape index (κ3) is 3.12.